The minimum atomic E-state index is -0.537. The molecule has 0 unspecified atom stereocenters. The zero-order valence-electron chi connectivity index (χ0n) is 11.0. The lowest BCUT2D eigenvalue weighted by atomic mass is 9.65. The van der Waals surface area contributed by atoms with E-state index in [4.69, 9.17) is 16.3 Å². The average Bonchev–Trinajstić information content (AvgIpc) is 2.12. The fourth-order valence-corrected chi connectivity index (χ4v) is 2.36. The Bertz CT molecular complexity index is 461. The van der Waals surface area contributed by atoms with E-state index < -0.39 is 11.0 Å². The van der Waals surface area contributed by atoms with E-state index in [2.05, 4.69) is 4.98 Å². The molecule has 0 aromatic carbocycles. The quantitative estimate of drug-likeness (QED) is 0.770. The molecule has 1 heterocycles. The summed E-state index contributed by atoms with van der Waals surface area (Å²) < 4.78 is 5.53. The molecule has 1 aromatic heterocycles. The Balaban J connectivity index is 2.29. The Morgan fingerprint density at radius 1 is 1.39 bits per heavy atom. The van der Waals surface area contributed by atoms with Crippen LogP contribution in [0, 0.1) is 0 Å². The van der Waals surface area contributed by atoms with Gasteiger partial charge in [0.2, 0.25) is 0 Å². The molecule has 0 bridgehead atoms. The number of rotatable bonds is 2. The van der Waals surface area contributed by atoms with Crippen molar-refractivity contribution in [1.82, 2.24) is 4.98 Å². The fraction of sp³-hybridized carbons (Fsp3) is 0.571. The van der Waals surface area contributed by atoms with Crippen LogP contribution in [0.15, 0.2) is 18.5 Å². The topological polar surface area (TPSA) is 39.2 Å². The van der Waals surface area contributed by atoms with Gasteiger partial charge < -0.3 is 4.74 Å². The predicted octanol–water partition coefficient (Wildman–Crippen LogP) is 3.50. The molecule has 0 aliphatic heterocycles. The Morgan fingerprint density at radius 2 is 2.06 bits per heavy atom. The third-order valence-electron chi connectivity index (χ3n) is 3.25. The molecule has 18 heavy (non-hydrogen) atoms. The monoisotopic (exact) mass is 267 g/mol. The number of halogens is 1. The first-order valence-corrected chi connectivity index (χ1v) is 6.56. The number of esters is 1. The van der Waals surface area contributed by atoms with Crippen LogP contribution in [0.3, 0.4) is 0 Å². The third-order valence-corrected chi connectivity index (χ3v) is 3.46. The van der Waals surface area contributed by atoms with E-state index in [0.717, 1.165) is 24.8 Å². The van der Waals surface area contributed by atoms with Crippen molar-refractivity contribution in [1.29, 1.82) is 0 Å². The van der Waals surface area contributed by atoms with Crippen LogP contribution >= 0.6 is 11.6 Å². The summed E-state index contributed by atoms with van der Waals surface area (Å²) in [5, 5.41) is 0.558. The molecule has 0 saturated heterocycles. The standard InChI is InChI=1S/C14H18ClNO2/c1-13(2,3)18-12(17)14(5-4-6-14)10-7-11(15)9-16-8-10/h7-9H,4-6H2,1-3H3. The number of carbonyl (C=O) groups is 1. The van der Waals surface area contributed by atoms with E-state index in [1.807, 2.05) is 26.8 Å². The van der Waals surface area contributed by atoms with Gasteiger partial charge in [0, 0.05) is 12.4 Å². The smallest absolute Gasteiger partial charge is 0.317 e. The van der Waals surface area contributed by atoms with Crippen LogP contribution in [0.2, 0.25) is 5.02 Å². The lowest BCUT2D eigenvalue weighted by Crippen LogP contribution is -2.46. The molecule has 3 nitrogen and oxygen atoms in total. The van der Waals surface area contributed by atoms with E-state index in [1.54, 1.807) is 12.4 Å². The molecule has 0 amide bonds. The van der Waals surface area contributed by atoms with Crippen molar-refractivity contribution < 1.29 is 9.53 Å². The van der Waals surface area contributed by atoms with Crippen LogP contribution in [0.4, 0.5) is 0 Å². The second-order valence-electron chi connectivity index (χ2n) is 5.83. The summed E-state index contributed by atoms with van der Waals surface area (Å²) in [6.45, 7) is 5.65. The van der Waals surface area contributed by atoms with E-state index in [0.29, 0.717) is 5.02 Å². The highest BCUT2D eigenvalue weighted by Gasteiger charge is 2.48. The minimum absolute atomic E-state index is 0.162. The summed E-state index contributed by atoms with van der Waals surface area (Å²) in [6, 6.07) is 1.82. The molecule has 1 aromatic rings. The van der Waals surface area contributed by atoms with Gasteiger partial charge >= 0.3 is 5.97 Å². The number of ether oxygens (including phenoxy) is 1. The summed E-state index contributed by atoms with van der Waals surface area (Å²) in [4.78, 5) is 16.5. The van der Waals surface area contributed by atoms with Crippen LogP contribution in [-0.4, -0.2) is 16.6 Å². The highest BCUT2D eigenvalue weighted by Crippen LogP contribution is 2.45. The molecular formula is C14H18ClNO2. The van der Waals surface area contributed by atoms with Crippen LogP contribution < -0.4 is 0 Å². The van der Waals surface area contributed by atoms with Gasteiger partial charge in [0.1, 0.15) is 5.60 Å². The van der Waals surface area contributed by atoms with E-state index in [9.17, 15) is 4.79 Å². The minimum Gasteiger partial charge on any atom is -0.459 e. The van der Waals surface area contributed by atoms with Crippen molar-refractivity contribution in [3.63, 3.8) is 0 Å². The van der Waals surface area contributed by atoms with Crippen molar-refractivity contribution in [3.05, 3.63) is 29.0 Å². The maximum Gasteiger partial charge on any atom is 0.317 e. The van der Waals surface area contributed by atoms with Gasteiger partial charge in [0.05, 0.1) is 10.4 Å². The number of hydrogen-bond acceptors (Lipinski definition) is 3. The third kappa shape index (κ3) is 2.51. The normalized spacial score (nSPS) is 18.0. The molecule has 0 radical (unpaired) electrons. The maximum absolute atomic E-state index is 12.4. The van der Waals surface area contributed by atoms with Gasteiger partial charge in [-0.05, 0) is 45.2 Å². The van der Waals surface area contributed by atoms with Crippen LogP contribution in [0.5, 0.6) is 0 Å². The highest BCUT2D eigenvalue weighted by molar-refractivity contribution is 6.30. The van der Waals surface area contributed by atoms with Gasteiger partial charge in [-0.25, -0.2) is 0 Å². The molecule has 0 spiro atoms. The van der Waals surface area contributed by atoms with Gasteiger partial charge in [-0.15, -0.1) is 0 Å². The largest absolute Gasteiger partial charge is 0.459 e. The lowest BCUT2D eigenvalue weighted by molar-refractivity contribution is -0.166. The second-order valence-corrected chi connectivity index (χ2v) is 6.27. The van der Waals surface area contributed by atoms with Crippen LogP contribution in [0.1, 0.15) is 45.6 Å². The molecule has 0 atom stereocenters. The van der Waals surface area contributed by atoms with E-state index >= 15 is 0 Å². The van der Waals surface area contributed by atoms with Crippen molar-refractivity contribution in [2.75, 3.05) is 0 Å². The highest BCUT2D eigenvalue weighted by atomic mass is 35.5. The summed E-state index contributed by atoms with van der Waals surface area (Å²) in [6.07, 6.45) is 5.95. The van der Waals surface area contributed by atoms with E-state index in [-0.39, 0.29) is 5.97 Å². The first-order valence-electron chi connectivity index (χ1n) is 6.18. The molecule has 1 saturated carbocycles. The van der Waals surface area contributed by atoms with Crippen molar-refractivity contribution in [2.45, 2.75) is 51.0 Å². The molecule has 2 rings (SSSR count). The van der Waals surface area contributed by atoms with Crippen molar-refractivity contribution in [2.24, 2.45) is 0 Å². The van der Waals surface area contributed by atoms with E-state index in [1.165, 1.54) is 0 Å². The first-order chi connectivity index (χ1) is 8.33. The number of nitrogens with zero attached hydrogens (tertiary/aromatic N) is 1. The number of pyridine rings is 1. The van der Waals surface area contributed by atoms with Gasteiger partial charge in [-0.2, -0.15) is 0 Å². The number of hydrogen-bond donors (Lipinski definition) is 0. The molecule has 4 heteroatoms. The Hall–Kier alpha value is -1.09. The van der Waals surface area contributed by atoms with Crippen molar-refractivity contribution >= 4 is 17.6 Å². The first kappa shape index (κ1) is 13.3. The molecule has 0 N–H and O–H groups in total. The Labute approximate surface area is 113 Å². The van der Waals surface area contributed by atoms with Crippen molar-refractivity contribution in [3.8, 4) is 0 Å². The van der Waals surface area contributed by atoms with Gasteiger partial charge in [0.15, 0.2) is 0 Å². The molecular weight excluding hydrogens is 250 g/mol. The van der Waals surface area contributed by atoms with Crippen LogP contribution in [-0.2, 0) is 14.9 Å². The maximum atomic E-state index is 12.4. The van der Waals surface area contributed by atoms with Gasteiger partial charge in [-0.1, -0.05) is 18.0 Å². The van der Waals surface area contributed by atoms with Gasteiger partial charge in [-0.3, -0.25) is 9.78 Å². The summed E-state index contributed by atoms with van der Waals surface area (Å²) >= 11 is 5.96. The molecule has 1 fully saturated rings. The lowest BCUT2D eigenvalue weighted by Gasteiger charge is -2.41. The Morgan fingerprint density at radius 3 is 2.50 bits per heavy atom. The zero-order valence-corrected chi connectivity index (χ0v) is 11.8. The van der Waals surface area contributed by atoms with Crippen LogP contribution in [0.25, 0.3) is 0 Å². The second kappa shape index (κ2) is 4.54. The zero-order chi connectivity index (χ0) is 13.4. The molecule has 1 aliphatic rings. The summed E-state index contributed by atoms with van der Waals surface area (Å²) in [5.74, 6) is -0.162. The number of aromatic nitrogens is 1. The fourth-order valence-electron chi connectivity index (χ4n) is 2.19. The SMILES string of the molecule is CC(C)(C)OC(=O)C1(c2cncc(Cl)c2)CCC1. The predicted molar refractivity (Wildman–Crippen MR) is 70.6 cm³/mol. The summed E-state index contributed by atoms with van der Waals surface area (Å²) in [7, 11) is 0. The average molecular weight is 268 g/mol. The Kier molecular flexibility index (Phi) is 3.37. The number of carbonyl (C=O) groups excluding carboxylic acids is 1. The summed E-state index contributed by atoms with van der Waals surface area (Å²) in [5.41, 5.74) is -0.132. The molecule has 98 valence electrons. The molecule has 1 aliphatic carbocycles. The van der Waals surface area contributed by atoms with Gasteiger partial charge in [0.25, 0.3) is 0 Å².